The van der Waals surface area contributed by atoms with Gasteiger partial charge in [0.2, 0.25) is 0 Å². The van der Waals surface area contributed by atoms with Crippen molar-refractivity contribution in [1.29, 1.82) is 0 Å². The molecule has 2 atom stereocenters. The Balaban J connectivity index is 1.71. The van der Waals surface area contributed by atoms with Gasteiger partial charge in [-0.1, -0.05) is 43.1 Å². The van der Waals surface area contributed by atoms with Crippen LogP contribution in [-0.2, 0) is 6.54 Å². The van der Waals surface area contributed by atoms with Crippen molar-refractivity contribution in [3.8, 4) is 0 Å². The molecular weight excluding hydrogens is 369 g/mol. The molecule has 4 rings (SSSR count). The summed E-state index contributed by atoms with van der Waals surface area (Å²) in [5, 5.41) is 1.29. The van der Waals surface area contributed by atoms with E-state index < -0.39 is 0 Å². The summed E-state index contributed by atoms with van der Waals surface area (Å²) in [4.78, 5) is 16.0. The van der Waals surface area contributed by atoms with Crippen LogP contribution < -0.4 is 4.90 Å². The number of anilines is 1. The van der Waals surface area contributed by atoms with E-state index in [-0.39, 0.29) is 0 Å². The molecule has 2 aromatic heterocycles. The highest BCUT2D eigenvalue weighted by molar-refractivity contribution is 6.36. The number of piperidine rings is 1. The van der Waals surface area contributed by atoms with E-state index in [9.17, 15) is 0 Å². The zero-order chi connectivity index (χ0) is 18.3. The van der Waals surface area contributed by atoms with Crippen LogP contribution in [0.25, 0.3) is 11.2 Å². The third kappa shape index (κ3) is 3.26. The number of fused-ring (bicyclic) bond motifs is 1. The van der Waals surface area contributed by atoms with Gasteiger partial charge < -0.3 is 9.47 Å². The van der Waals surface area contributed by atoms with Crippen LogP contribution in [0.2, 0.25) is 10.0 Å². The average molecular weight is 390 g/mol. The third-order valence-electron chi connectivity index (χ3n) is 4.94. The molecule has 3 heterocycles. The maximum Gasteiger partial charge on any atom is 0.165 e. The number of hydrogen-bond donors (Lipinski definition) is 0. The zero-order valence-corrected chi connectivity index (χ0v) is 16.4. The first-order chi connectivity index (χ1) is 12.5. The van der Waals surface area contributed by atoms with Gasteiger partial charge in [-0.3, -0.25) is 0 Å². The number of rotatable bonds is 3. The van der Waals surface area contributed by atoms with Crippen LogP contribution in [0.5, 0.6) is 0 Å². The maximum atomic E-state index is 6.32. The highest BCUT2D eigenvalue weighted by atomic mass is 35.5. The quantitative estimate of drug-likeness (QED) is 0.653. The Labute approximate surface area is 163 Å². The van der Waals surface area contributed by atoms with Crippen molar-refractivity contribution in [2.45, 2.75) is 26.8 Å². The molecule has 0 N–H and O–H groups in total. The number of imidazole rings is 1. The molecule has 1 aliphatic rings. The van der Waals surface area contributed by atoms with E-state index in [4.69, 9.17) is 23.2 Å². The van der Waals surface area contributed by atoms with E-state index in [0.29, 0.717) is 28.4 Å². The Bertz CT molecular complexity index is 909. The number of halogens is 2. The molecule has 1 aromatic carbocycles. The minimum absolute atomic E-state index is 0.526. The van der Waals surface area contributed by atoms with E-state index >= 15 is 0 Å². The van der Waals surface area contributed by atoms with Crippen LogP contribution in [0.3, 0.4) is 0 Å². The normalized spacial score (nSPS) is 20.7. The van der Waals surface area contributed by atoms with Crippen LogP contribution in [0.1, 0.15) is 25.8 Å². The minimum Gasteiger partial charge on any atom is -0.354 e. The zero-order valence-electron chi connectivity index (χ0n) is 14.9. The fourth-order valence-electron chi connectivity index (χ4n) is 3.91. The molecule has 0 saturated carbocycles. The van der Waals surface area contributed by atoms with Crippen LogP contribution >= 0.6 is 23.2 Å². The SMILES string of the molecule is CC1CC(C)CN(c2ncnc3c2ncn3Cc2c(Cl)cccc2Cl)C1. The van der Waals surface area contributed by atoms with Gasteiger partial charge in [-0.05, 0) is 30.4 Å². The van der Waals surface area contributed by atoms with Gasteiger partial charge >= 0.3 is 0 Å². The Hall–Kier alpha value is -1.85. The van der Waals surface area contributed by atoms with Gasteiger partial charge in [0.15, 0.2) is 17.0 Å². The van der Waals surface area contributed by atoms with Crippen molar-refractivity contribution in [1.82, 2.24) is 19.5 Å². The number of aromatic nitrogens is 4. The van der Waals surface area contributed by atoms with Gasteiger partial charge in [0, 0.05) is 28.7 Å². The predicted octanol–water partition coefficient (Wildman–Crippen LogP) is 4.66. The van der Waals surface area contributed by atoms with Gasteiger partial charge in [-0.2, -0.15) is 0 Å². The summed E-state index contributed by atoms with van der Waals surface area (Å²) in [6.07, 6.45) is 4.66. The molecular formula is C19H21Cl2N5. The largest absolute Gasteiger partial charge is 0.354 e. The standard InChI is InChI=1S/C19H21Cl2N5/c1-12-6-13(2)8-25(7-12)18-17-19(23-10-22-18)26(11-24-17)9-14-15(20)4-3-5-16(14)21/h3-5,10-13H,6-9H2,1-2H3. The lowest BCUT2D eigenvalue weighted by Crippen LogP contribution is -2.39. The van der Waals surface area contributed by atoms with Crippen molar-refractivity contribution in [3.05, 3.63) is 46.5 Å². The summed E-state index contributed by atoms with van der Waals surface area (Å²) in [6, 6.07) is 5.54. The van der Waals surface area contributed by atoms with Crippen molar-refractivity contribution >= 4 is 40.2 Å². The maximum absolute atomic E-state index is 6.32. The van der Waals surface area contributed by atoms with Gasteiger partial charge in [-0.25, -0.2) is 15.0 Å². The minimum atomic E-state index is 0.526. The molecule has 1 fully saturated rings. The molecule has 5 nitrogen and oxygen atoms in total. The van der Waals surface area contributed by atoms with Gasteiger partial charge in [0.05, 0.1) is 12.9 Å². The summed E-state index contributed by atoms with van der Waals surface area (Å²) >= 11 is 12.6. The molecule has 0 spiro atoms. The summed E-state index contributed by atoms with van der Waals surface area (Å²) in [5.41, 5.74) is 2.50. The fourth-order valence-corrected chi connectivity index (χ4v) is 4.42. The highest BCUT2D eigenvalue weighted by Gasteiger charge is 2.25. The van der Waals surface area contributed by atoms with Crippen LogP contribution in [0, 0.1) is 11.8 Å². The van der Waals surface area contributed by atoms with Crippen LogP contribution in [0.15, 0.2) is 30.9 Å². The third-order valence-corrected chi connectivity index (χ3v) is 5.65. The van der Waals surface area contributed by atoms with Crippen LogP contribution in [-0.4, -0.2) is 32.6 Å². The van der Waals surface area contributed by atoms with Gasteiger partial charge in [0.1, 0.15) is 6.33 Å². The van der Waals surface area contributed by atoms with Crippen molar-refractivity contribution < 1.29 is 0 Å². The first-order valence-electron chi connectivity index (χ1n) is 8.86. The Kier molecular flexibility index (Phi) is 4.76. The summed E-state index contributed by atoms with van der Waals surface area (Å²) in [7, 11) is 0. The summed E-state index contributed by atoms with van der Waals surface area (Å²) < 4.78 is 1.98. The van der Waals surface area contributed by atoms with E-state index in [1.165, 1.54) is 6.42 Å². The Morgan fingerprint density at radius 2 is 1.73 bits per heavy atom. The number of benzene rings is 1. The van der Waals surface area contributed by atoms with Gasteiger partial charge in [0.25, 0.3) is 0 Å². The lowest BCUT2D eigenvalue weighted by atomic mass is 9.92. The van der Waals surface area contributed by atoms with Crippen molar-refractivity contribution in [3.63, 3.8) is 0 Å². The first-order valence-corrected chi connectivity index (χ1v) is 9.62. The smallest absolute Gasteiger partial charge is 0.165 e. The number of hydrogen-bond acceptors (Lipinski definition) is 4. The fraction of sp³-hybridized carbons (Fsp3) is 0.421. The molecule has 2 unspecified atom stereocenters. The molecule has 1 saturated heterocycles. The lowest BCUT2D eigenvalue weighted by Gasteiger charge is -2.35. The van der Waals surface area contributed by atoms with E-state index in [2.05, 4.69) is 33.7 Å². The number of nitrogens with zero attached hydrogens (tertiary/aromatic N) is 5. The molecule has 0 aliphatic carbocycles. The molecule has 7 heteroatoms. The molecule has 26 heavy (non-hydrogen) atoms. The first kappa shape index (κ1) is 17.6. The molecule has 136 valence electrons. The molecule has 0 radical (unpaired) electrons. The second-order valence-electron chi connectivity index (χ2n) is 7.29. The second kappa shape index (κ2) is 7.05. The predicted molar refractivity (Wildman–Crippen MR) is 106 cm³/mol. The summed E-state index contributed by atoms with van der Waals surface area (Å²) in [5.74, 6) is 2.21. The monoisotopic (exact) mass is 389 g/mol. The van der Waals surface area contributed by atoms with Crippen LogP contribution in [0.4, 0.5) is 5.82 Å². The van der Waals surface area contributed by atoms with E-state index in [1.54, 1.807) is 12.7 Å². The summed E-state index contributed by atoms with van der Waals surface area (Å²) in [6.45, 7) is 7.11. The second-order valence-corrected chi connectivity index (χ2v) is 8.11. The van der Waals surface area contributed by atoms with Crippen molar-refractivity contribution in [2.24, 2.45) is 11.8 Å². The van der Waals surface area contributed by atoms with E-state index in [1.807, 2.05) is 22.8 Å². The molecule has 0 bridgehead atoms. The molecule has 0 amide bonds. The van der Waals surface area contributed by atoms with Gasteiger partial charge in [-0.15, -0.1) is 0 Å². The Morgan fingerprint density at radius 3 is 2.42 bits per heavy atom. The molecule has 3 aromatic rings. The average Bonchev–Trinajstić information content (AvgIpc) is 3.00. The Morgan fingerprint density at radius 1 is 1.04 bits per heavy atom. The van der Waals surface area contributed by atoms with E-state index in [0.717, 1.165) is 35.6 Å². The molecule has 1 aliphatic heterocycles. The van der Waals surface area contributed by atoms with Crippen molar-refractivity contribution in [2.75, 3.05) is 18.0 Å². The highest BCUT2D eigenvalue weighted by Crippen LogP contribution is 2.30. The lowest BCUT2D eigenvalue weighted by molar-refractivity contribution is 0.355. The topological polar surface area (TPSA) is 46.8 Å².